The Balaban J connectivity index is 1.63. The molecule has 42 heavy (non-hydrogen) atoms. The summed E-state index contributed by atoms with van der Waals surface area (Å²) in [4.78, 5) is 24.4. The minimum Gasteiger partial charge on any atom is -0.462 e. The molecule has 3 aromatic rings. The maximum Gasteiger partial charge on any atom is 0.338 e. The first kappa shape index (κ1) is 31.2. The van der Waals surface area contributed by atoms with Crippen LogP contribution in [0.4, 0.5) is 4.39 Å². The maximum atomic E-state index is 14.2. The van der Waals surface area contributed by atoms with Crippen LogP contribution in [0, 0.1) is 11.7 Å². The number of carbonyl (C=O) groups excluding carboxylic acids is 2. The molecule has 1 heterocycles. The highest BCUT2D eigenvalue weighted by Crippen LogP contribution is 2.34. The van der Waals surface area contributed by atoms with Crippen molar-refractivity contribution in [3.63, 3.8) is 0 Å². The smallest absolute Gasteiger partial charge is 0.338 e. The molecule has 0 aliphatic carbocycles. The zero-order chi connectivity index (χ0) is 30.2. The molecular formula is C33H38FNO7. The van der Waals surface area contributed by atoms with Gasteiger partial charge in [-0.3, -0.25) is 4.79 Å². The van der Waals surface area contributed by atoms with Crippen LogP contribution >= 0.6 is 0 Å². The summed E-state index contributed by atoms with van der Waals surface area (Å²) >= 11 is 0. The summed E-state index contributed by atoms with van der Waals surface area (Å²) in [6, 6.07) is 20.0. The Bertz CT molecular complexity index is 1350. The van der Waals surface area contributed by atoms with Gasteiger partial charge in [0.15, 0.2) is 12.2 Å². The number of rotatable bonds is 11. The number of ether oxygens (including phenoxy) is 4. The molecule has 0 bridgehead atoms. The lowest BCUT2D eigenvalue weighted by Crippen LogP contribution is -2.61. The molecule has 224 valence electrons. The van der Waals surface area contributed by atoms with Crippen molar-refractivity contribution in [2.24, 2.45) is 5.92 Å². The zero-order valence-corrected chi connectivity index (χ0v) is 24.3. The molecule has 5 atom stereocenters. The van der Waals surface area contributed by atoms with E-state index in [0.717, 1.165) is 5.56 Å². The Labute approximate surface area is 245 Å². The number of methoxy groups -OCH3 is 1. The third kappa shape index (κ3) is 7.94. The number of benzene rings is 3. The van der Waals surface area contributed by atoms with Gasteiger partial charge in [0.25, 0.3) is 0 Å². The van der Waals surface area contributed by atoms with Crippen LogP contribution in [0.5, 0.6) is 5.75 Å². The second-order valence-electron chi connectivity index (χ2n) is 10.8. The molecule has 0 spiro atoms. The predicted octanol–water partition coefficient (Wildman–Crippen LogP) is 4.92. The van der Waals surface area contributed by atoms with E-state index in [1.165, 1.54) is 26.2 Å². The first-order chi connectivity index (χ1) is 20.2. The van der Waals surface area contributed by atoms with Crippen molar-refractivity contribution in [3.05, 3.63) is 89.7 Å². The molecule has 1 amide bonds. The van der Waals surface area contributed by atoms with Gasteiger partial charge in [0.1, 0.15) is 17.7 Å². The predicted molar refractivity (Wildman–Crippen MR) is 155 cm³/mol. The molecule has 3 aromatic carbocycles. The van der Waals surface area contributed by atoms with Crippen molar-refractivity contribution >= 4 is 11.9 Å². The summed E-state index contributed by atoms with van der Waals surface area (Å²) in [5.74, 6) is -0.533. The quantitative estimate of drug-likeness (QED) is 0.311. The average molecular weight is 580 g/mol. The lowest BCUT2D eigenvalue weighted by atomic mass is 9.92. The highest BCUT2D eigenvalue weighted by atomic mass is 19.1. The summed E-state index contributed by atoms with van der Waals surface area (Å²) in [6.07, 6.45) is -3.79. The molecule has 4 rings (SSSR count). The van der Waals surface area contributed by atoms with Gasteiger partial charge in [0, 0.05) is 20.6 Å². The average Bonchev–Trinajstić information content (AvgIpc) is 2.96. The van der Waals surface area contributed by atoms with Gasteiger partial charge in [-0.15, -0.1) is 0 Å². The number of nitrogens with one attached hydrogen (secondary N) is 1. The molecule has 0 unspecified atom stereocenters. The number of carbonyl (C=O) groups is 2. The van der Waals surface area contributed by atoms with Crippen LogP contribution in [0.1, 0.15) is 43.1 Å². The van der Waals surface area contributed by atoms with Crippen molar-refractivity contribution < 1.29 is 38.0 Å². The van der Waals surface area contributed by atoms with Crippen LogP contribution in [0.2, 0.25) is 0 Å². The van der Waals surface area contributed by atoms with E-state index in [4.69, 9.17) is 18.9 Å². The van der Waals surface area contributed by atoms with E-state index in [1.807, 2.05) is 19.9 Å². The summed E-state index contributed by atoms with van der Waals surface area (Å²) in [5, 5.41) is 14.2. The molecule has 1 fully saturated rings. The highest BCUT2D eigenvalue weighted by Gasteiger charge is 2.49. The second-order valence-corrected chi connectivity index (χ2v) is 10.8. The minimum atomic E-state index is -1.37. The normalized spacial score (nSPS) is 22.0. The maximum absolute atomic E-state index is 14.2. The van der Waals surface area contributed by atoms with E-state index in [1.54, 1.807) is 54.6 Å². The summed E-state index contributed by atoms with van der Waals surface area (Å²) < 4.78 is 38.1. The second kappa shape index (κ2) is 14.4. The summed E-state index contributed by atoms with van der Waals surface area (Å²) in [5.41, 5.74) is 2.57. The van der Waals surface area contributed by atoms with Gasteiger partial charge in [0.05, 0.1) is 11.7 Å². The molecule has 0 aromatic heterocycles. The van der Waals surface area contributed by atoms with Gasteiger partial charge >= 0.3 is 5.97 Å². The number of aliphatic hydroxyl groups is 1. The largest absolute Gasteiger partial charge is 0.462 e. The molecule has 0 radical (unpaired) electrons. The standard InChI is InChI=1S/C33H38FNO7/c1-20(2)17-28-30(39-4)31(42-32(38)23-9-6-5-7-10-23)29(37)33(41-28)40-26-14-13-22(15-16-35-21(3)36)27(19-26)24-11-8-12-25(34)18-24/h5-14,18-20,28-31,33,37H,15-17H2,1-4H3,(H,35,36)/t28-,29+,30-,31-,33+/m0/s1. The zero-order valence-electron chi connectivity index (χ0n) is 24.3. The number of esters is 1. The van der Waals surface area contributed by atoms with Crippen molar-refractivity contribution in [1.82, 2.24) is 5.32 Å². The third-order valence-electron chi connectivity index (χ3n) is 7.08. The van der Waals surface area contributed by atoms with Gasteiger partial charge in [-0.25, -0.2) is 9.18 Å². The lowest BCUT2D eigenvalue weighted by molar-refractivity contribution is -0.278. The van der Waals surface area contributed by atoms with Gasteiger partial charge in [-0.1, -0.05) is 50.2 Å². The van der Waals surface area contributed by atoms with Gasteiger partial charge in [-0.2, -0.15) is 0 Å². The molecule has 0 saturated carbocycles. The Hall–Kier alpha value is -3.79. The SMILES string of the molecule is CO[C@@H]1[C@@H](OC(=O)c2ccccc2)[C@@H](O)[C@H](Oc2ccc(CCNC(C)=O)c(-c3cccc(F)c3)c2)O[C@H]1CC(C)C. The third-order valence-corrected chi connectivity index (χ3v) is 7.08. The van der Waals surface area contributed by atoms with Crippen molar-refractivity contribution in [1.29, 1.82) is 0 Å². The van der Waals surface area contributed by atoms with E-state index >= 15 is 0 Å². The van der Waals surface area contributed by atoms with Crippen LogP contribution < -0.4 is 10.1 Å². The fraction of sp³-hybridized carbons (Fsp3) is 0.394. The molecular weight excluding hydrogens is 541 g/mol. The molecule has 2 N–H and O–H groups in total. The van der Waals surface area contributed by atoms with E-state index in [0.29, 0.717) is 41.8 Å². The molecule has 8 nitrogen and oxygen atoms in total. The summed E-state index contributed by atoms with van der Waals surface area (Å²) in [6.45, 7) is 5.93. The van der Waals surface area contributed by atoms with Gasteiger partial charge in [0.2, 0.25) is 12.2 Å². The molecule has 9 heteroatoms. The topological polar surface area (TPSA) is 103 Å². The van der Waals surface area contributed by atoms with Crippen LogP contribution in [-0.2, 0) is 25.4 Å². The monoisotopic (exact) mass is 579 g/mol. The number of halogens is 1. The molecule has 1 aliphatic rings. The fourth-order valence-corrected chi connectivity index (χ4v) is 5.11. The van der Waals surface area contributed by atoms with Gasteiger partial charge < -0.3 is 29.4 Å². The van der Waals surface area contributed by atoms with Crippen LogP contribution in [0.15, 0.2) is 72.8 Å². The van der Waals surface area contributed by atoms with E-state index in [2.05, 4.69) is 5.32 Å². The Kier molecular flexibility index (Phi) is 10.7. The Morgan fingerprint density at radius 1 is 1.02 bits per heavy atom. The number of hydrogen-bond donors (Lipinski definition) is 2. The van der Waals surface area contributed by atoms with Crippen LogP contribution in [0.3, 0.4) is 0 Å². The Morgan fingerprint density at radius 2 is 1.79 bits per heavy atom. The lowest BCUT2D eigenvalue weighted by Gasteiger charge is -2.43. The highest BCUT2D eigenvalue weighted by molar-refractivity contribution is 5.89. The number of amides is 1. The minimum absolute atomic E-state index is 0.140. The van der Waals surface area contributed by atoms with E-state index in [-0.39, 0.29) is 17.6 Å². The van der Waals surface area contributed by atoms with E-state index < -0.39 is 36.7 Å². The first-order valence-corrected chi connectivity index (χ1v) is 14.1. The van der Waals surface area contributed by atoms with Gasteiger partial charge in [-0.05, 0) is 71.8 Å². The molecule has 1 aliphatic heterocycles. The van der Waals surface area contributed by atoms with Crippen molar-refractivity contribution in [2.75, 3.05) is 13.7 Å². The number of aliphatic hydroxyl groups excluding tert-OH is 1. The number of hydrogen-bond acceptors (Lipinski definition) is 7. The van der Waals surface area contributed by atoms with Crippen molar-refractivity contribution in [2.45, 2.75) is 64.3 Å². The molecule has 1 saturated heterocycles. The fourth-order valence-electron chi connectivity index (χ4n) is 5.11. The van der Waals surface area contributed by atoms with E-state index in [9.17, 15) is 19.1 Å². The Morgan fingerprint density at radius 3 is 2.45 bits per heavy atom. The first-order valence-electron chi connectivity index (χ1n) is 14.1. The summed E-state index contributed by atoms with van der Waals surface area (Å²) in [7, 11) is 1.49. The van der Waals surface area contributed by atoms with Crippen LogP contribution in [-0.4, -0.2) is 61.3 Å². The van der Waals surface area contributed by atoms with Crippen LogP contribution in [0.25, 0.3) is 11.1 Å². The van der Waals surface area contributed by atoms with Crippen molar-refractivity contribution in [3.8, 4) is 16.9 Å².